The molecule has 66 valence electrons. The van der Waals surface area contributed by atoms with Crippen molar-refractivity contribution >= 4 is 34.8 Å². The van der Waals surface area contributed by atoms with Crippen molar-refractivity contribution in [2.75, 3.05) is 0 Å². The molecule has 0 aromatic carbocycles. The number of alkyl halides is 1. The molecule has 0 radical (unpaired) electrons. The zero-order valence-corrected chi connectivity index (χ0v) is 7.75. The number of amides is 1. The number of rotatable bonds is 0. The fourth-order valence-corrected chi connectivity index (χ4v) is 1.67. The molecule has 0 saturated carbocycles. The third-order valence-electron chi connectivity index (χ3n) is 1.64. The van der Waals surface area contributed by atoms with Gasteiger partial charge in [0, 0.05) is 5.03 Å². The van der Waals surface area contributed by atoms with E-state index in [0.29, 0.717) is 16.3 Å². The Morgan fingerprint density at radius 3 is 3.00 bits per heavy atom. The van der Waals surface area contributed by atoms with Crippen LogP contribution in [0.3, 0.4) is 0 Å². The molecule has 2 rings (SSSR count). The number of carbonyl (C=O) groups excluding carboxylic acids is 1. The molecule has 0 spiro atoms. The number of carbonyl (C=O) groups is 1. The third kappa shape index (κ3) is 1.43. The van der Waals surface area contributed by atoms with E-state index in [9.17, 15) is 4.79 Å². The highest BCUT2D eigenvalue weighted by molar-refractivity contribution is 6.44. The summed E-state index contributed by atoms with van der Waals surface area (Å²) in [7, 11) is 0. The first-order valence-electron chi connectivity index (χ1n) is 3.45. The first-order chi connectivity index (χ1) is 6.18. The smallest absolute Gasteiger partial charge is 0.265 e. The van der Waals surface area contributed by atoms with Crippen LogP contribution in [0.4, 0.5) is 0 Å². The van der Waals surface area contributed by atoms with E-state index in [4.69, 9.17) is 23.2 Å². The van der Waals surface area contributed by atoms with Gasteiger partial charge < -0.3 is 0 Å². The monoisotopic (exact) mass is 215 g/mol. The summed E-state index contributed by atoms with van der Waals surface area (Å²) in [6.45, 7) is 0. The third-order valence-corrected chi connectivity index (χ3v) is 2.21. The van der Waals surface area contributed by atoms with Crippen LogP contribution in [0.25, 0.3) is 0 Å². The normalized spacial score (nSPS) is 26.2. The molecule has 1 amide bonds. The topological polar surface area (TPSA) is 54.1 Å². The maximum atomic E-state index is 11.2. The molecule has 0 saturated heterocycles. The zero-order valence-electron chi connectivity index (χ0n) is 6.24. The molecule has 1 unspecified atom stereocenters. The van der Waals surface area contributed by atoms with Gasteiger partial charge in [-0.3, -0.25) is 4.79 Å². The van der Waals surface area contributed by atoms with Crippen LogP contribution in [-0.2, 0) is 4.79 Å². The molecule has 0 aromatic heterocycles. The lowest BCUT2D eigenvalue weighted by Crippen LogP contribution is -2.24. The van der Waals surface area contributed by atoms with Gasteiger partial charge in [-0.15, -0.1) is 16.7 Å². The van der Waals surface area contributed by atoms with Crippen LogP contribution in [0, 0.1) is 0 Å². The molecule has 4 nitrogen and oxygen atoms in total. The van der Waals surface area contributed by atoms with Crippen molar-refractivity contribution in [3.8, 4) is 0 Å². The molecule has 1 atom stereocenters. The first-order valence-corrected chi connectivity index (χ1v) is 4.26. The predicted molar refractivity (Wildman–Crippen MR) is 49.0 cm³/mol. The van der Waals surface area contributed by atoms with Crippen molar-refractivity contribution in [1.82, 2.24) is 0 Å². The second-order valence-corrected chi connectivity index (χ2v) is 3.40. The highest BCUT2D eigenvalue weighted by atomic mass is 35.5. The van der Waals surface area contributed by atoms with E-state index in [2.05, 4.69) is 15.4 Å². The molecule has 6 heteroatoms. The van der Waals surface area contributed by atoms with Gasteiger partial charge in [0.1, 0.15) is 0 Å². The summed E-state index contributed by atoms with van der Waals surface area (Å²) in [4.78, 5) is 11.2. The summed E-state index contributed by atoms with van der Waals surface area (Å²) in [6, 6.07) is 0. The van der Waals surface area contributed by atoms with E-state index in [1.54, 1.807) is 6.08 Å². The van der Waals surface area contributed by atoms with Crippen LogP contribution in [-0.4, -0.2) is 17.0 Å². The van der Waals surface area contributed by atoms with Crippen molar-refractivity contribution in [3.63, 3.8) is 0 Å². The van der Waals surface area contributed by atoms with Gasteiger partial charge in [-0.2, -0.15) is 0 Å². The van der Waals surface area contributed by atoms with E-state index in [1.807, 2.05) is 0 Å². The van der Waals surface area contributed by atoms with E-state index in [0.717, 1.165) is 0 Å². The largest absolute Gasteiger partial charge is 0.299 e. The van der Waals surface area contributed by atoms with Crippen molar-refractivity contribution < 1.29 is 4.79 Å². The van der Waals surface area contributed by atoms with Crippen LogP contribution in [0.15, 0.2) is 38.2 Å². The molecule has 1 aliphatic heterocycles. The Bertz CT molecular complexity index is 395. The molecule has 1 heterocycles. The molecule has 0 fully saturated rings. The number of hydrogen-bond acceptors (Lipinski definition) is 3. The van der Waals surface area contributed by atoms with Crippen LogP contribution in [0.5, 0.6) is 0 Å². The van der Waals surface area contributed by atoms with E-state index in [1.165, 1.54) is 6.08 Å². The van der Waals surface area contributed by atoms with Crippen molar-refractivity contribution in [2.24, 2.45) is 15.4 Å². The van der Waals surface area contributed by atoms with Gasteiger partial charge in [0.15, 0.2) is 0 Å². The Balaban J connectivity index is 2.52. The van der Waals surface area contributed by atoms with Crippen LogP contribution in [0.2, 0.25) is 0 Å². The highest BCUT2D eigenvalue weighted by Crippen LogP contribution is 2.25. The van der Waals surface area contributed by atoms with Crippen LogP contribution < -0.4 is 0 Å². The molecule has 0 aromatic rings. The Hall–Kier alpha value is -1.000. The van der Waals surface area contributed by atoms with Gasteiger partial charge in [-0.25, -0.2) is 0 Å². The van der Waals surface area contributed by atoms with Crippen LogP contribution in [0.1, 0.15) is 0 Å². The quantitative estimate of drug-likeness (QED) is 0.571. The summed E-state index contributed by atoms with van der Waals surface area (Å²) >= 11 is 11.6. The Morgan fingerprint density at radius 2 is 2.23 bits per heavy atom. The molecule has 2 aliphatic rings. The summed E-state index contributed by atoms with van der Waals surface area (Å²) in [5, 5.41) is 10.1. The van der Waals surface area contributed by atoms with Crippen molar-refractivity contribution in [1.29, 1.82) is 0 Å². The second-order valence-electron chi connectivity index (χ2n) is 2.49. The molecule has 13 heavy (non-hydrogen) atoms. The molecule has 0 N–H and O–H groups in total. The summed E-state index contributed by atoms with van der Waals surface area (Å²) in [5.74, 6) is -0.457. The van der Waals surface area contributed by atoms with E-state index in [-0.39, 0.29) is 0 Å². The minimum absolute atomic E-state index is 0.322. The number of allylic oxidation sites excluding steroid dienone is 3. The standard InChI is InChI=1S/C7H3Cl2N3O/c8-3-1-4-6(5(9)2-3)10-12-11-7(4)13/h1-2,5H. The minimum Gasteiger partial charge on any atom is -0.265 e. The number of halogens is 2. The Kier molecular flexibility index (Phi) is 2.01. The lowest BCUT2D eigenvalue weighted by atomic mass is 10.0. The number of nitrogens with zero attached hydrogens (tertiary/aromatic N) is 3. The number of fused-ring (bicyclic) bond motifs is 1. The maximum absolute atomic E-state index is 11.2. The highest BCUT2D eigenvalue weighted by Gasteiger charge is 2.27. The zero-order chi connectivity index (χ0) is 9.42. The Morgan fingerprint density at radius 1 is 1.46 bits per heavy atom. The van der Waals surface area contributed by atoms with Crippen molar-refractivity contribution in [3.05, 3.63) is 22.8 Å². The average molecular weight is 216 g/mol. The minimum atomic E-state index is -0.504. The Labute approximate surface area is 83.6 Å². The van der Waals surface area contributed by atoms with Crippen molar-refractivity contribution in [2.45, 2.75) is 5.38 Å². The average Bonchev–Trinajstić information content (AvgIpc) is 2.07. The molecular formula is C7H3Cl2N3O. The second kappa shape index (κ2) is 3.05. The van der Waals surface area contributed by atoms with Gasteiger partial charge in [0.05, 0.1) is 16.7 Å². The summed E-state index contributed by atoms with van der Waals surface area (Å²) < 4.78 is 0. The van der Waals surface area contributed by atoms with Gasteiger partial charge in [-0.05, 0) is 17.4 Å². The van der Waals surface area contributed by atoms with Gasteiger partial charge in [0.2, 0.25) is 0 Å². The molecular weight excluding hydrogens is 213 g/mol. The van der Waals surface area contributed by atoms with E-state index < -0.39 is 11.3 Å². The fourth-order valence-electron chi connectivity index (χ4n) is 1.07. The summed E-state index contributed by atoms with van der Waals surface area (Å²) in [5.41, 5.74) is 0.730. The molecule has 1 aliphatic carbocycles. The maximum Gasteiger partial charge on any atom is 0.299 e. The van der Waals surface area contributed by atoms with Gasteiger partial charge in [-0.1, -0.05) is 16.7 Å². The van der Waals surface area contributed by atoms with E-state index >= 15 is 0 Å². The molecule has 0 bridgehead atoms. The lowest BCUT2D eigenvalue weighted by molar-refractivity contribution is -0.114. The summed E-state index contributed by atoms with van der Waals surface area (Å²) in [6.07, 6.45) is 3.07. The first kappa shape index (κ1) is 8.59. The van der Waals surface area contributed by atoms with Gasteiger partial charge >= 0.3 is 0 Å². The van der Waals surface area contributed by atoms with Crippen LogP contribution >= 0.6 is 23.2 Å². The lowest BCUT2D eigenvalue weighted by Gasteiger charge is -2.15. The fraction of sp³-hybridized carbons (Fsp3) is 0.143. The number of hydrogen-bond donors (Lipinski definition) is 0. The SMILES string of the molecule is O=C1N=NN=C2C1=CC(Cl)=CC2Cl. The predicted octanol–water partition coefficient (Wildman–Crippen LogP) is 2.00. The van der Waals surface area contributed by atoms with Gasteiger partial charge in [0.25, 0.3) is 5.91 Å².